The van der Waals surface area contributed by atoms with Crippen LogP contribution in [0.5, 0.6) is 0 Å². The number of hydrogen-bond acceptors (Lipinski definition) is 2. The molecule has 0 spiro atoms. The Bertz CT molecular complexity index is 609. The van der Waals surface area contributed by atoms with Crippen LogP contribution in [0.3, 0.4) is 0 Å². The minimum absolute atomic E-state index is 1.02. The normalized spacial score (nSPS) is 16.5. The third-order valence-corrected chi connectivity index (χ3v) is 5.28. The number of aromatic nitrogens is 2. The molecule has 0 unspecified atom stereocenters. The van der Waals surface area contributed by atoms with Gasteiger partial charge in [-0.15, -0.1) is 0 Å². The number of aryl methyl sites for hydroxylation is 1. The lowest BCUT2D eigenvalue weighted by atomic mass is 10.1. The zero-order valence-corrected chi connectivity index (χ0v) is 15.3. The highest BCUT2D eigenvalue weighted by molar-refractivity contribution is 5.75. The maximum atomic E-state index is 4.97. The van der Waals surface area contributed by atoms with E-state index in [-0.39, 0.29) is 0 Å². The van der Waals surface area contributed by atoms with E-state index in [1.54, 1.807) is 0 Å². The number of nitrogens with zero attached hydrogens (tertiary/aromatic N) is 3. The van der Waals surface area contributed by atoms with Crippen LogP contribution in [0, 0.1) is 0 Å². The number of benzene rings is 1. The molecule has 2 heterocycles. The number of unbranched alkanes of at least 4 members (excludes halogenated alkanes) is 4. The van der Waals surface area contributed by atoms with Crippen molar-refractivity contribution in [3.63, 3.8) is 0 Å². The lowest BCUT2D eigenvalue weighted by Crippen LogP contribution is -2.26. The highest BCUT2D eigenvalue weighted by Crippen LogP contribution is 2.20. The summed E-state index contributed by atoms with van der Waals surface area (Å²) < 4.78 is 2.49. The summed E-state index contributed by atoms with van der Waals surface area (Å²) >= 11 is 0. The van der Waals surface area contributed by atoms with Gasteiger partial charge in [-0.2, -0.15) is 0 Å². The Labute approximate surface area is 147 Å². The first-order valence-electron chi connectivity index (χ1n) is 10.0. The fourth-order valence-corrected chi connectivity index (χ4v) is 3.86. The van der Waals surface area contributed by atoms with Crippen LogP contribution < -0.4 is 0 Å². The molecule has 3 nitrogen and oxygen atoms in total. The molecule has 1 aromatic carbocycles. The Hall–Kier alpha value is -1.35. The molecule has 24 heavy (non-hydrogen) atoms. The van der Waals surface area contributed by atoms with Crippen LogP contribution in [-0.2, 0) is 13.1 Å². The van der Waals surface area contributed by atoms with Gasteiger partial charge in [0.25, 0.3) is 0 Å². The molecule has 0 aliphatic carbocycles. The first-order valence-corrected chi connectivity index (χ1v) is 10.0. The maximum absolute atomic E-state index is 4.97. The van der Waals surface area contributed by atoms with E-state index < -0.39 is 0 Å². The Balaban J connectivity index is 1.71. The Kier molecular flexibility index (Phi) is 6.71. The molecule has 1 aromatic heterocycles. The smallest absolute Gasteiger partial charge is 0.124 e. The van der Waals surface area contributed by atoms with E-state index in [2.05, 4.69) is 40.7 Å². The summed E-state index contributed by atoms with van der Waals surface area (Å²) in [6.07, 6.45) is 12.1. The van der Waals surface area contributed by atoms with Gasteiger partial charge in [-0.25, -0.2) is 4.98 Å². The SMILES string of the molecule is CCCCCCCn1c(CN2CCCCCC2)nc2ccccc21. The van der Waals surface area contributed by atoms with E-state index in [0.29, 0.717) is 0 Å². The third-order valence-electron chi connectivity index (χ3n) is 5.28. The van der Waals surface area contributed by atoms with Gasteiger partial charge < -0.3 is 4.57 Å². The molecule has 1 aliphatic rings. The molecule has 0 radical (unpaired) electrons. The molecule has 0 atom stereocenters. The molecule has 0 saturated carbocycles. The lowest BCUT2D eigenvalue weighted by Gasteiger charge is -2.20. The predicted molar refractivity (Wildman–Crippen MR) is 102 cm³/mol. The third kappa shape index (κ3) is 4.60. The van der Waals surface area contributed by atoms with Gasteiger partial charge in [0.1, 0.15) is 5.82 Å². The van der Waals surface area contributed by atoms with Crippen LogP contribution in [0.1, 0.15) is 70.5 Å². The number of hydrogen-bond donors (Lipinski definition) is 0. The quantitative estimate of drug-likeness (QED) is 0.607. The minimum atomic E-state index is 1.02. The topological polar surface area (TPSA) is 21.1 Å². The fraction of sp³-hybridized carbons (Fsp3) is 0.667. The first kappa shape index (κ1) is 17.5. The minimum Gasteiger partial charge on any atom is -0.327 e. The van der Waals surface area contributed by atoms with E-state index in [4.69, 9.17) is 4.98 Å². The van der Waals surface area contributed by atoms with Gasteiger partial charge in [-0.05, 0) is 44.5 Å². The molecule has 0 bridgehead atoms. The van der Waals surface area contributed by atoms with Crippen molar-refractivity contribution in [2.24, 2.45) is 0 Å². The molecular formula is C21H33N3. The maximum Gasteiger partial charge on any atom is 0.124 e. The number of imidazole rings is 1. The molecule has 1 aliphatic heterocycles. The summed E-state index contributed by atoms with van der Waals surface area (Å²) in [5.74, 6) is 1.27. The van der Waals surface area contributed by atoms with E-state index in [0.717, 1.165) is 18.6 Å². The summed E-state index contributed by atoms with van der Waals surface area (Å²) in [4.78, 5) is 7.59. The second-order valence-electron chi connectivity index (χ2n) is 7.27. The van der Waals surface area contributed by atoms with Crippen molar-refractivity contribution in [2.75, 3.05) is 13.1 Å². The van der Waals surface area contributed by atoms with Crippen molar-refractivity contribution < 1.29 is 0 Å². The van der Waals surface area contributed by atoms with Gasteiger partial charge in [-0.3, -0.25) is 4.90 Å². The molecular weight excluding hydrogens is 294 g/mol. The zero-order chi connectivity index (χ0) is 16.6. The Morgan fingerprint density at radius 1 is 0.917 bits per heavy atom. The van der Waals surface area contributed by atoms with Gasteiger partial charge in [-0.1, -0.05) is 57.6 Å². The number of para-hydroxylation sites is 2. The zero-order valence-electron chi connectivity index (χ0n) is 15.3. The van der Waals surface area contributed by atoms with Crippen molar-refractivity contribution in [1.29, 1.82) is 0 Å². The van der Waals surface area contributed by atoms with Gasteiger partial charge >= 0.3 is 0 Å². The average molecular weight is 328 g/mol. The molecule has 0 amide bonds. The molecule has 3 rings (SSSR count). The monoisotopic (exact) mass is 327 g/mol. The second kappa shape index (κ2) is 9.22. The first-order chi connectivity index (χ1) is 11.9. The van der Waals surface area contributed by atoms with Crippen LogP contribution in [0.2, 0.25) is 0 Å². The summed E-state index contributed by atoms with van der Waals surface area (Å²) in [5, 5.41) is 0. The van der Waals surface area contributed by atoms with Gasteiger partial charge in [0, 0.05) is 6.54 Å². The van der Waals surface area contributed by atoms with E-state index in [1.807, 2.05) is 0 Å². The lowest BCUT2D eigenvalue weighted by molar-refractivity contribution is 0.266. The summed E-state index contributed by atoms with van der Waals surface area (Å²) in [5.41, 5.74) is 2.48. The van der Waals surface area contributed by atoms with Crippen LogP contribution in [0.15, 0.2) is 24.3 Å². The van der Waals surface area contributed by atoms with Crippen LogP contribution in [0.25, 0.3) is 11.0 Å². The van der Waals surface area contributed by atoms with Crippen molar-refractivity contribution in [3.05, 3.63) is 30.1 Å². The number of likely N-dealkylation sites (tertiary alicyclic amines) is 1. The van der Waals surface area contributed by atoms with Crippen molar-refractivity contribution in [2.45, 2.75) is 77.8 Å². The largest absolute Gasteiger partial charge is 0.327 e. The van der Waals surface area contributed by atoms with Crippen LogP contribution >= 0.6 is 0 Å². The molecule has 132 valence electrons. The highest BCUT2D eigenvalue weighted by atomic mass is 15.2. The Morgan fingerprint density at radius 2 is 1.67 bits per heavy atom. The van der Waals surface area contributed by atoms with Gasteiger partial charge in [0.15, 0.2) is 0 Å². The van der Waals surface area contributed by atoms with Crippen molar-refractivity contribution in [1.82, 2.24) is 14.5 Å². The molecule has 3 heteroatoms. The summed E-state index contributed by atoms with van der Waals surface area (Å²) in [6.45, 7) is 6.89. The molecule has 2 aromatic rings. The van der Waals surface area contributed by atoms with Crippen molar-refractivity contribution >= 4 is 11.0 Å². The van der Waals surface area contributed by atoms with Gasteiger partial charge in [0.2, 0.25) is 0 Å². The van der Waals surface area contributed by atoms with Gasteiger partial charge in [0.05, 0.1) is 17.6 Å². The molecule has 0 N–H and O–H groups in total. The number of rotatable bonds is 8. The van der Waals surface area contributed by atoms with E-state index in [1.165, 1.54) is 82.2 Å². The molecule has 1 saturated heterocycles. The highest BCUT2D eigenvalue weighted by Gasteiger charge is 2.15. The van der Waals surface area contributed by atoms with E-state index in [9.17, 15) is 0 Å². The number of fused-ring (bicyclic) bond motifs is 1. The Morgan fingerprint density at radius 3 is 2.46 bits per heavy atom. The van der Waals surface area contributed by atoms with Crippen LogP contribution in [-0.4, -0.2) is 27.5 Å². The second-order valence-corrected chi connectivity index (χ2v) is 7.27. The predicted octanol–water partition coefficient (Wildman–Crippen LogP) is 5.38. The molecule has 1 fully saturated rings. The summed E-state index contributed by atoms with van der Waals surface area (Å²) in [7, 11) is 0. The van der Waals surface area contributed by atoms with Crippen molar-refractivity contribution in [3.8, 4) is 0 Å². The average Bonchev–Trinajstić information content (AvgIpc) is 2.76. The van der Waals surface area contributed by atoms with Crippen LogP contribution in [0.4, 0.5) is 0 Å². The standard InChI is InChI=1S/C21H33N3/c1-2-3-4-5-12-17-24-20-14-9-8-13-19(20)22-21(24)18-23-15-10-6-7-11-16-23/h8-9,13-14H,2-7,10-12,15-18H2,1H3. The van der Waals surface area contributed by atoms with E-state index >= 15 is 0 Å². The fourth-order valence-electron chi connectivity index (χ4n) is 3.86. The summed E-state index contributed by atoms with van der Waals surface area (Å²) in [6, 6.07) is 8.65.